The Labute approximate surface area is 96.9 Å². The molecule has 0 saturated heterocycles. The van der Waals surface area contributed by atoms with E-state index in [4.69, 9.17) is 10.8 Å². The van der Waals surface area contributed by atoms with Gasteiger partial charge in [0.2, 0.25) is 0 Å². The summed E-state index contributed by atoms with van der Waals surface area (Å²) in [5, 5.41) is 8.90. The number of unbranched alkanes of at least 4 members (excludes halogenated alkanes) is 2. The van der Waals surface area contributed by atoms with Crippen molar-refractivity contribution in [3.05, 3.63) is 0 Å². The third kappa shape index (κ3) is 6.07. The molecule has 0 aliphatic heterocycles. The minimum absolute atomic E-state index is 0.157. The Morgan fingerprint density at radius 2 is 1.88 bits per heavy atom. The lowest BCUT2D eigenvalue weighted by atomic mass is 9.91. The van der Waals surface area contributed by atoms with Crippen molar-refractivity contribution in [2.45, 2.75) is 44.6 Å². The topological polar surface area (TPSA) is 97.5 Å². The lowest BCUT2D eigenvalue weighted by Gasteiger charge is -2.22. The first-order valence-electron chi connectivity index (χ1n) is 5.41. The van der Waals surface area contributed by atoms with Crippen LogP contribution in [0.2, 0.25) is 0 Å². The van der Waals surface area contributed by atoms with Crippen LogP contribution in [0.5, 0.6) is 0 Å². The number of aliphatic carboxylic acids is 1. The van der Waals surface area contributed by atoms with E-state index in [9.17, 15) is 13.2 Å². The second-order valence-electron chi connectivity index (χ2n) is 4.26. The van der Waals surface area contributed by atoms with Crippen molar-refractivity contribution >= 4 is 15.8 Å². The van der Waals surface area contributed by atoms with Crippen LogP contribution in [-0.2, 0) is 14.6 Å². The highest BCUT2D eigenvalue weighted by Crippen LogP contribution is 2.16. The smallest absolute Gasteiger partial charge is 0.323 e. The zero-order chi connectivity index (χ0) is 12.8. The number of rotatable bonds is 8. The van der Waals surface area contributed by atoms with Gasteiger partial charge in [0.25, 0.3) is 0 Å². The molecule has 0 heterocycles. The molecule has 0 aromatic heterocycles. The molecule has 0 aromatic rings. The summed E-state index contributed by atoms with van der Waals surface area (Å²) >= 11 is 0. The van der Waals surface area contributed by atoms with E-state index >= 15 is 0 Å². The average molecular weight is 251 g/mol. The molecule has 5 nitrogen and oxygen atoms in total. The Morgan fingerprint density at radius 1 is 1.31 bits per heavy atom. The SMILES string of the molecule is CCC(N)(CCCCCS(C)(=O)=O)C(=O)O. The van der Waals surface area contributed by atoms with Gasteiger partial charge in [-0.3, -0.25) is 4.79 Å². The summed E-state index contributed by atoms with van der Waals surface area (Å²) in [7, 11) is -2.91. The van der Waals surface area contributed by atoms with Crippen LogP contribution in [0, 0.1) is 0 Å². The minimum atomic E-state index is -2.91. The first-order chi connectivity index (χ1) is 7.21. The number of carboxylic acids is 1. The number of nitrogens with two attached hydrogens (primary N) is 1. The number of hydrogen-bond acceptors (Lipinski definition) is 4. The van der Waals surface area contributed by atoms with E-state index in [1.165, 1.54) is 6.26 Å². The predicted octanol–water partition coefficient (Wildman–Crippen LogP) is 0.783. The van der Waals surface area contributed by atoms with Crippen molar-refractivity contribution in [3.8, 4) is 0 Å². The van der Waals surface area contributed by atoms with Gasteiger partial charge in [0, 0.05) is 12.0 Å². The number of carbonyl (C=O) groups is 1. The van der Waals surface area contributed by atoms with Gasteiger partial charge >= 0.3 is 5.97 Å². The van der Waals surface area contributed by atoms with Crippen molar-refractivity contribution in [3.63, 3.8) is 0 Å². The molecule has 3 N–H and O–H groups in total. The molecule has 0 spiro atoms. The van der Waals surface area contributed by atoms with E-state index in [-0.39, 0.29) is 5.75 Å². The molecule has 0 rings (SSSR count). The van der Waals surface area contributed by atoms with Crippen LogP contribution >= 0.6 is 0 Å². The maximum absolute atomic E-state index is 10.9. The zero-order valence-electron chi connectivity index (χ0n) is 9.90. The summed E-state index contributed by atoms with van der Waals surface area (Å²) in [6.45, 7) is 1.74. The summed E-state index contributed by atoms with van der Waals surface area (Å²) in [6.07, 6.45) is 3.88. The molecule has 16 heavy (non-hydrogen) atoms. The number of hydrogen-bond donors (Lipinski definition) is 2. The fourth-order valence-electron chi connectivity index (χ4n) is 1.42. The molecule has 1 atom stereocenters. The predicted molar refractivity (Wildman–Crippen MR) is 63.0 cm³/mol. The maximum atomic E-state index is 10.9. The first-order valence-corrected chi connectivity index (χ1v) is 7.47. The monoisotopic (exact) mass is 251 g/mol. The van der Waals surface area contributed by atoms with Gasteiger partial charge in [0.1, 0.15) is 15.4 Å². The van der Waals surface area contributed by atoms with E-state index in [1.807, 2.05) is 0 Å². The molecule has 0 bridgehead atoms. The van der Waals surface area contributed by atoms with Crippen LogP contribution in [0.15, 0.2) is 0 Å². The molecule has 0 radical (unpaired) electrons. The molecular weight excluding hydrogens is 230 g/mol. The molecular formula is C10H21NO4S. The van der Waals surface area contributed by atoms with Gasteiger partial charge in [0.15, 0.2) is 0 Å². The fourth-order valence-corrected chi connectivity index (χ4v) is 2.14. The van der Waals surface area contributed by atoms with E-state index in [0.29, 0.717) is 32.1 Å². The van der Waals surface area contributed by atoms with E-state index in [0.717, 1.165) is 0 Å². The summed E-state index contributed by atoms with van der Waals surface area (Å²) < 4.78 is 21.7. The second kappa shape index (κ2) is 6.20. The quantitative estimate of drug-likeness (QED) is 0.621. The van der Waals surface area contributed by atoms with Gasteiger partial charge in [-0.15, -0.1) is 0 Å². The Bertz CT molecular complexity index is 326. The molecule has 0 amide bonds. The van der Waals surface area contributed by atoms with Gasteiger partial charge < -0.3 is 10.8 Å². The maximum Gasteiger partial charge on any atom is 0.323 e. The van der Waals surface area contributed by atoms with Crippen molar-refractivity contribution in [2.75, 3.05) is 12.0 Å². The summed E-state index contributed by atoms with van der Waals surface area (Å²) in [5.74, 6) is -0.831. The van der Waals surface area contributed by atoms with Crippen LogP contribution in [0.1, 0.15) is 39.0 Å². The van der Waals surface area contributed by atoms with E-state index < -0.39 is 21.3 Å². The van der Waals surface area contributed by atoms with Crippen molar-refractivity contribution in [1.82, 2.24) is 0 Å². The molecule has 0 aliphatic rings. The molecule has 0 aromatic carbocycles. The Balaban J connectivity index is 3.86. The summed E-state index contributed by atoms with van der Waals surface area (Å²) in [5.41, 5.74) is 4.53. The molecule has 0 aliphatic carbocycles. The number of sulfone groups is 1. The Morgan fingerprint density at radius 3 is 2.25 bits per heavy atom. The van der Waals surface area contributed by atoms with Crippen LogP contribution in [-0.4, -0.2) is 37.0 Å². The van der Waals surface area contributed by atoms with Crippen LogP contribution in [0.25, 0.3) is 0 Å². The van der Waals surface area contributed by atoms with Gasteiger partial charge in [0.05, 0.1) is 0 Å². The van der Waals surface area contributed by atoms with E-state index in [2.05, 4.69) is 0 Å². The highest BCUT2D eigenvalue weighted by molar-refractivity contribution is 7.90. The van der Waals surface area contributed by atoms with Gasteiger partial charge in [-0.25, -0.2) is 8.42 Å². The fraction of sp³-hybridized carbons (Fsp3) is 0.900. The van der Waals surface area contributed by atoms with Crippen molar-refractivity contribution in [2.24, 2.45) is 5.73 Å². The van der Waals surface area contributed by atoms with Crippen LogP contribution < -0.4 is 5.73 Å². The normalized spacial score (nSPS) is 15.7. The standard InChI is InChI=1S/C10H21NO4S/c1-3-10(11,9(12)13)7-5-4-6-8-16(2,14)15/h3-8,11H2,1-2H3,(H,12,13). The molecule has 1 unspecified atom stereocenters. The summed E-state index contributed by atoms with van der Waals surface area (Å²) in [4.78, 5) is 10.9. The third-order valence-electron chi connectivity index (χ3n) is 2.69. The first kappa shape index (κ1) is 15.4. The zero-order valence-corrected chi connectivity index (χ0v) is 10.7. The Hall–Kier alpha value is -0.620. The van der Waals surface area contributed by atoms with Crippen LogP contribution in [0.4, 0.5) is 0 Å². The van der Waals surface area contributed by atoms with Crippen LogP contribution in [0.3, 0.4) is 0 Å². The number of carboxylic acid groups (broad SMARTS) is 1. The lowest BCUT2D eigenvalue weighted by Crippen LogP contribution is -2.47. The highest BCUT2D eigenvalue weighted by atomic mass is 32.2. The molecule has 0 saturated carbocycles. The second-order valence-corrected chi connectivity index (χ2v) is 6.52. The van der Waals surface area contributed by atoms with Crippen molar-refractivity contribution < 1.29 is 18.3 Å². The van der Waals surface area contributed by atoms with Gasteiger partial charge in [-0.05, 0) is 19.3 Å². The van der Waals surface area contributed by atoms with Gasteiger partial charge in [-0.2, -0.15) is 0 Å². The Kier molecular flexibility index (Phi) is 5.96. The minimum Gasteiger partial charge on any atom is -0.480 e. The highest BCUT2D eigenvalue weighted by Gasteiger charge is 2.30. The summed E-state index contributed by atoms with van der Waals surface area (Å²) in [6, 6.07) is 0. The average Bonchev–Trinajstić information content (AvgIpc) is 2.14. The van der Waals surface area contributed by atoms with E-state index in [1.54, 1.807) is 6.92 Å². The van der Waals surface area contributed by atoms with Crippen molar-refractivity contribution in [1.29, 1.82) is 0 Å². The molecule has 96 valence electrons. The molecule has 6 heteroatoms. The van der Waals surface area contributed by atoms with Gasteiger partial charge in [-0.1, -0.05) is 19.8 Å². The lowest BCUT2D eigenvalue weighted by molar-refractivity contribution is -0.143. The largest absolute Gasteiger partial charge is 0.480 e. The molecule has 0 fully saturated rings. The third-order valence-corrected chi connectivity index (χ3v) is 3.73.